The summed E-state index contributed by atoms with van der Waals surface area (Å²) in [6.45, 7) is 9.49. The van der Waals surface area contributed by atoms with Gasteiger partial charge < -0.3 is 5.32 Å². The molecular weight excluding hydrogens is 368 g/mol. The van der Waals surface area contributed by atoms with E-state index in [0.29, 0.717) is 17.9 Å². The number of carbonyl (C=O) groups excluding carboxylic acids is 3. The van der Waals surface area contributed by atoms with E-state index in [2.05, 4.69) is 29.6 Å². The first-order valence-corrected chi connectivity index (χ1v) is 10.2. The molecule has 1 rings (SSSR count). The highest BCUT2D eigenvalue weighted by molar-refractivity contribution is 5.88. The third-order valence-corrected chi connectivity index (χ3v) is 5.64. The highest BCUT2D eigenvalue weighted by atomic mass is 16.5. The van der Waals surface area contributed by atoms with E-state index in [-0.39, 0.29) is 23.5 Å². The Morgan fingerprint density at radius 3 is 2.28 bits per heavy atom. The fourth-order valence-corrected chi connectivity index (χ4v) is 3.55. The standard InChI is InChI=1S/C23H36N2O4/c1-16-10-12-18(13-11-16)8-7-9-19(17(2)25(29)15-26)21(27)14-20(22(28)24-6)23(3,4)5/h10-13,15,17,19-20,29H,7-9,14H2,1-6H3,(H,24,28)/t17-,19+,20+/m0/s1. The number of Topliss-reactive ketones (excluding diaryl/α,β-unsaturated/α-hetero) is 1. The first kappa shape index (κ1) is 24.8. The Morgan fingerprint density at radius 1 is 1.21 bits per heavy atom. The molecule has 6 nitrogen and oxygen atoms in total. The van der Waals surface area contributed by atoms with Crippen molar-refractivity contribution in [3.63, 3.8) is 0 Å². The maximum absolute atomic E-state index is 13.1. The number of aryl methyl sites for hydroxylation is 2. The van der Waals surface area contributed by atoms with Crippen molar-refractivity contribution in [2.24, 2.45) is 17.3 Å². The van der Waals surface area contributed by atoms with Crippen LogP contribution in [0, 0.1) is 24.2 Å². The maximum Gasteiger partial charge on any atom is 0.233 e. The number of rotatable bonds is 11. The van der Waals surface area contributed by atoms with Gasteiger partial charge in [0, 0.05) is 25.3 Å². The van der Waals surface area contributed by atoms with Crippen molar-refractivity contribution in [3.8, 4) is 0 Å². The van der Waals surface area contributed by atoms with Crippen LogP contribution in [0.3, 0.4) is 0 Å². The summed E-state index contributed by atoms with van der Waals surface area (Å²) in [6, 6.07) is 7.60. The van der Waals surface area contributed by atoms with Gasteiger partial charge in [-0.15, -0.1) is 0 Å². The number of hydrogen-bond donors (Lipinski definition) is 2. The number of nitrogens with one attached hydrogen (secondary N) is 1. The summed E-state index contributed by atoms with van der Waals surface area (Å²) in [5.41, 5.74) is 2.00. The molecule has 0 unspecified atom stereocenters. The lowest BCUT2D eigenvalue weighted by Gasteiger charge is -2.32. The van der Waals surface area contributed by atoms with Crippen LogP contribution in [0.4, 0.5) is 0 Å². The fourth-order valence-electron chi connectivity index (χ4n) is 3.55. The minimum atomic E-state index is -0.650. The second kappa shape index (κ2) is 11.1. The molecule has 162 valence electrons. The quantitative estimate of drug-likeness (QED) is 0.335. The van der Waals surface area contributed by atoms with Crippen molar-refractivity contribution in [2.75, 3.05) is 7.05 Å². The molecule has 1 aromatic rings. The van der Waals surface area contributed by atoms with Gasteiger partial charge in [0.1, 0.15) is 5.78 Å². The Hall–Kier alpha value is -2.21. The summed E-state index contributed by atoms with van der Waals surface area (Å²) in [7, 11) is 1.56. The van der Waals surface area contributed by atoms with Gasteiger partial charge in [-0.2, -0.15) is 0 Å². The van der Waals surface area contributed by atoms with Crippen LogP contribution in [0.1, 0.15) is 58.1 Å². The fraction of sp³-hybridized carbons (Fsp3) is 0.609. The van der Waals surface area contributed by atoms with E-state index < -0.39 is 17.9 Å². The molecule has 0 saturated carbocycles. The van der Waals surface area contributed by atoms with Gasteiger partial charge >= 0.3 is 0 Å². The molecule has 29 heavy (non-hydrogen) atoms. The van der Waals surface area contributed by atoms with E-state index in [4.69, 9.17) is 0 Å². The summed E-state index contributed by atoms with van der Waals surface area (Å²) in [5.74, 6) is -1.29. The minimum Gasteiger partial charge on any atom is -0.359 e. The summed E-state index contributed by atoms with van der Waals surface area (Å²) in [5, 5.41) is 13.1. The number of amides is 2. The van der Waals surface area contributed by atoms with Gasteiger partial charge in [-0.05, 0) is 44.1 Å². The van der Waals surface area contributed by atoms with Gasteiger partial charge in [0.25, 0.3) is 0 Å². The van der Waals surface area contributed by atoms with Crippen LogP contribution in [-0.4, -0.2) is 41.5 Å². The second-order valence-corrected chi connectivity index (χ2v) is 8.91. The highest BCUT2D eigenvalue weighted by Crippen LogP contribution is 2.31. The van der Waals surface area contributed by atoms with Crippen molar-refractivity contribution in [2.45, 2.75) is 66.3 Å². The monoisotopic (exact) mass is 404 g/mol. The van der Waals surface area contributed by atoms with Crippen LogP contribution < -0.4 is 5.32 Å². The Morgan fingerprint density at radius 2 is 1.79 bits per heavy atom. The lowest BCUT2D eigenvalue weighted by atomic mass is 9.74. The highest BCUT2D eigenvalue weighted by Gasteiger charge is 2.36. The zero-order valence-corrected chi connectivity index (χ0v) is 18.6. The zero-order chi connectivity index (χ0) is 22.2. The Kier molecular flexibility index (Phi) is 9.50. The Bertz CT molecular complexity index is 679. The van der Waals surface area contributed by atoms with E-state index >= 15 is 0 Å². The largest absolute Gasteiger partial charge is 0.359 e. The molecule has 0 aliphatic carbocycles. The molecule has 0 bridgehead atoms. The van der Waals surface area contributed by atoms with E-state index in [0.717, 1.165) is 12.8 Å². The molecule has 0 aromatic heterocycles. The molecular formula is C23H36N2O4. The van der Waals surface area contributed by atoms with Crippen LogP contribution in [0.2, 0.25) is 0 Å². The van der Waals surface area contributed by atoms with Crippen LogP contribution in [-0.2, 0) is 20.8 Å². The zero-order valence-electron chi connectivity index (χ0n) is 18.6. The second-order valence-electron chi connectivity index (χ2n) is 8.91. The molecule has 0 saturated heterocycles. The molecule has 0 heterocycles. The minimum absolute atomic E-state index is 0.0788. The van der Waals surface area contributed by atoms with Gasteiger partial charge in [-0.25, -0.2) is 5.06 Å². The smallest absolute Gasteiger partial charge is 0.233 e. The summed E-state index contributed by atoms with van der Waals surface area (Å²) in [6.07, 6.45) is 2.49. The van der Waals surface area contributed by atoms with E-state index in [9.17, 15) is 19.6 Å². The van der Waals surface area contributed by atoms with Crippen molar-refractivity contribution in [1.29, 1.82) is 0 Å². The van der Waals surface area contributed by atoms with Crippen molar-refractivity contribution in [3.05, 3.63) is 35.4 Å². The molecule has 0 fully saturated rings. The van der Waals surface area contributed by atoms with Crippen molar-refractivity contribution < 1.29 is 19.6 Å². The first-order chi connectivity index (χ1) is 13.5. The number of benzene rings is 1. The maximum atomic E-state index is 13.1. The summed E-state index contributed by atoms with van der Waals surface area (Å²) < 4.78 is 0. The molecule has 3 atom stereocenters. The molecule has 0 aliphatic heterocycles. The summed E-state index contributed by atoms with van der Waals surface area (Å²) in [4.78, 5) is 36.5. The average molecular weight is 405 g/mol. The third kappa shape index (κ3) is 7.61. The molecule has 2 N–H and O–H groups in total. The Labute approximate surface area is 174 Å². The van der Waals surface area contributed by atoms with E-state index in [1.165, 1.54) is 11.1 Å². The van der Waals surface area contributed by atoms with Gasteiger partial charge in [-0.1, -0.05) is 50.6 Å². The lowest BCUT2D eigenvalue weighted by molar-refractivity contribution is -0.166. The predicted octanol–water partition coefficient (Wildman–Crippen LogP) is 3.54. The third-order valence-electron chi connectivity index (χ3n) is 5.64. The van der Waals surface area contributed by atoms with Gasteiger partial charge in [0.15, 0.2) is 0 Å². The van der Waals surface area contributed by atoms with E-state index in [1.54, 1.807) is 14.0 Å². The van der Waals surface area contributed by atoms with Gasteiger partial charge in [0.05, 0.1) is 6.04 Å². The van der Waals surface area contributed by atoms with Crippen molar-refractivity contribution in [1.82, 2.24) is 10.4 Å². The van der Waals surface area contributed by atoms with Gasteiger partial charge in [-0.3, -0.25) is 19.6 Å². The number of hydroxylamine groups is 2. The molecule has 0 aliphatic rings. The number of ketones is 1. The first-order valence-electron chi connectivity index (χ1n) is 10.2. The van der Waals surface area contributed by atoms with E-state index in [1.807, 2.05) is 27.7 Å². The van der Waals surface area contributed by atoms with Crippen LogP contribution >= 0.6 is 0 Å². The molecule has 2 amide bonds. The lowest BCUT2D eigenvalue weighted by Crippen LogP contribution is -2.43. The normalized spacial score (nSPS) is 14.6. The topological polar surface area (TPSA) is 86.7 Å². The predicted molar refractivity (Wildman–Crippen MR) is 113 cm³/mol. The Balaban J connectivity index is 2.92. The number of hydrogen-bond acceptors (Lipinski definition) is 4. The number of carbonyl (C=O) groups is 3. The molecule has 0 spiro atoms. The average Bonchev–Trinajstić information content (AvgIpc) is 2.68. The van der Waals surface area contributed by atoms with Gasteiger partial charge in [0.2, 0.25) is 12.3 Å². The van der Waals surface area contributed by atoms with Crippen LogP contribution in [0.5, 0.6) is 0 Å². The number of nitrogens with zero attached hydrogens (tertiary/aromatic N) is 1. The SMILES string of the molecule is CNC(=O)[C@@H](CC(=O)[C@H](CCCc1ccc(C)cc1)[C@H](C)N(O)C=O)C(C)(C)C. The molecule has 6 heteroatoms. The molecule has 0 radical (unpaired) electrons. The van der Waals surface area contributed by atoms with Crippen molar-refractivity contribution >= 4 is 18.1 Å². The van der Waals surface area contributed by atoms with Crippen LogP contribution in [0.15, 0.2) is 24.3 Å². The summed E-state index contributed by atoms with van der Waals surface area (Å²) >= 11 is 0. The van der Waals surface area contributed by atoms with Crippen LogP contribution in [0.25, 0.3) is 0 Å². The molecule has 1 aromatic carbocycles.